The molecule has 1 amide bonds. The van der Waals surface area contributed by atoms with E-state index in [0.29, 0.717) is 18.9 Å². The molecule has 0 saturated heterocycles. The number of nitrogens with zero attached hydrogens (tertiary/aromatic N) is 1. The lowest BCUT2D eigenvalue weighted by atomic mass is 10.2. The van der Waals surface area contributed by atoms with E-state index in [1.807, 2.05) is 6.92 Å². The van der Waals surface area contributed by atoms with Crippen LogP contribution in [0.15, 0.2) is 28.2 Å². The first-order chi connectivity index (χ1) is 13.2. The first-order valence-electron chi connectivity index (χ1n) is 8.28. The number of hydrogen-bond donors (Lipinski definition) is 4. The number of nitrogens with two attached hydrogens (primary N) is 1. The molecule has 0 radical (unpaired) electrons. The van der Waals surface area contributed by atoms with Gasteiger partial charge in [0.05, 0.1) is 0 Å². The largest absolute Gasteiger partial charge is 0.480 e. The van der Waals surface area contributed by atoms with Crippen LogP contribution in [0.3, 0.4) is 0 Å². The van der Waals surface area contributed by atoms with Crippen molar-refractivity contribution in [2.75, 3.05) is 11.1 Å². The van der Waals surface area contributed by atoms with Crippen LogP contribution in [0.25, 0.3) is 0 Å². The summed E-state index contributed by atoms with van der Waals surface area (Å²) in [4.78, 5) is 42.0. The van der Waals surface area contributed by atoms with Crippen LogP contribution in [0, 0.1) is 11.6 Å². The maximum atomic E-state index is 13.3. The van der Waals surface area contributed by atoms with Gasteiger partial charge in [-0.3, -0.25) is 19.4 Å². The van der Waals surface area contributed by atoms with Gasteiger partial charge in [-0.05, 0) is 24.6 Å². The van der Waals surface area contributed by atoms with Crippen molar-refractivity contribution in [1.29, 1.82) is 0 Å². The first kappa shape index (κ1) is 21.4. The molecule has 5 N–H and O–H groups in total. The number of hydrogen-bond acceptors (Lipinski definition) is 6. The Labute approximate surface area is 162 Å². The van der Waals surface area contributed by atoms with Crippen molar-refractivity contribution in [2.24, 2.45) is 0 Å². The maximum Gasteiger partial charge on any atom is 0.317 e. The summed E-state index contributed by atoms with van der Waals surface area (Å²) in [6.45, 7) is 1.92. The predicted molar refractivity (Wildman–Crippen MR) is 100 cm³/mol. The smallest absolute Gasteiger partial charge is 0.317 e. The highest BCUT2D eigenvalue weighted by Crippen LogP contribution is 2.25. The SMILES string of the molecule is CCCC[C@H](Sc1nc(N)c(NC(=O)c2ccc(F)c(F)c2)c(=O)[nH]1)C(=O)O. The van der Waals surface area contributed by atoms with Gasteiger partial charge in [0.2, 0.25) is 0 Å². The van der Waals surface area contributed by atoms with Gasteiger partial charge in [0, 0.05) is 5.56 Å². The zero-order valence-corrected chi connectivity index (χ0v) is 15.6. The van der Waals surface area contributed by atoms with Crippen LogP contribution in [0.2, 0.25) is 0 Å². The number of anilines is 2. The highest BCUT2D eigenvalue weighted by Gasteiger charge is 2.21. The number of nitrogens with one attached hydrogen (secondary N) is 2. The number of amides is 1. The fourth-order valence-electron chi connectivity index (χ4n) is 2.23. The third-order valence-corrected chi connectivity index (χ3v) is 4.83. The Hall–Kier alpha value is -2.95. The van der Waals surface area contributed by atoms with Gasteiger partial charge in [0.25, 0.3) is 11.5 Å². The number of carboxylic acid groups (broad SMARTS) is 1. The lowest BCUT2D eigenvalue weighted by Crippen LogP contribution is -2.24. The molecule has 8 nitrogen and oxygen atoms in total. The zero-order chi connectivity index (χ0) is 20.8. The molecule has 0 spiro atoms. The molecule has 28 heavy (non-hydrogen) atoms. The molecule has 0 aliphatic heterocycles. The minimum atomic E-state index is -1.22. The first-order valence-corrected chi connectivity index (χ1v) is 9.16. The quantitative estimate of drug-likeness (QED) is 0.386. The van der Waals surface area contributed by atoms with E-state index in [0.717, 1.165) is 30.3 Å². The van der Waals surface area contributed by atoms with Crippen LogP contribution in [0.1, 0.15) is 36.5 Å². The third-order valence-electron chi connectivity index (χ3n) is 3.70. The minimum absolute atomic E-state index is 0.00294. The number of carboxylic acids is 1. The zero-order valence-electron chi connectivity index (χ0n) is 14.8. The molecular formula is C17H18F2N4O4S. The summed E-state index contributed by atoms with van der Waals surface area (Å²) in [5.74, 6) is -4.60. The molecule has 2 rings (SSSR count). The van der Waals surface area contributed by atoms with Gasteiger partial charge < -0.3 is 16.2 Å². The molecule has 0 saturated carbocycles. The number of H-pyrrole nitrogens is 1. The summed E-state index contributed by atoms with van der Waals surface area (Å²) in [6.07, 6.45) is 1.88. The van der Waals surface area contributed by atoms with E-state index in [1.54, 1.807) is 0 Å². The second-order valence-corrected chi connectivity index (χ2v) is 6.99. The standard InChI is InChI=1S/C17H18F2N4O4S/c1-2-3-4-11(16(26)27)28-17-22-13(20)12(15(25)23-17)21-14(24)8-5-6-9(18)10(19)7-8/h5-7,11H,2-4H2,1H3,(H,21,24)(H,26,27)(H3,20,22,23,25)/t11-/m0/s1. The molecule has 11 heteroatoms. The summed E-state index contributed by atoms with van der Waals surface area (Å²) in [7, 11) is 0. The van der Waals surface area contributed by atoms with E-state index in [-0.39, 0.29) is 22.2 Å². The number of thioether (sulfide) groups is 1. The maximum absolute atomic E-state index is 13.3. The highest BCUT2D eigenvalue weighted by atomic mass is 32.2. The van der Waals surface area contributed by atoms with Crippen LogP contribution >= 0.6 is 11.8 Å². The van der Waals surface area contributed by atoms with Gasteiger partial charge in [-0.1, -0.05) is 31.5 Å². The summed E-state index contributed by atoms with van der Waals surface area (Å²) in [5.41, 5.74) is 4.32. The minimum Gasteiger partial charge on any atom is -0.480 e. The topological polar surface area (TPSA) is 138 Å². The predicted octanol–water partition coefficient (Wildman–Crippen LogP) is 2.62. The summed E-state index contributed by atoms with van der Waals surface area (Å²) >= 11 is 0.842. The van der Waals surface area contributed by atoms with Crippen molar-refractivity contribution in [3.8, 4) is 0 Å². The fourth-order valence-corrected chi connectivity index (χ4v) is 3.18. The average Bonchev–Trinajstić information content (AvgIpc) is 2.63. The normalized spacial score (nSPS) is 11.8. The number of nitrogen functional groups attached to an aromatic ring is 1. The molecule has 1 aromatic carbocycles. The number of aromatic amines is 1. The van der Waals surface area contributed by atoms with Crippen molar-refractivity contribution in [3.63, 3.8) is 0 Å². The number of halogens is 2. The van der Waals surface area contributed by atoms with Crippen molar-refractivity contribution >= 4 is 35.1 Å². The molecule has 1 heterocycles. The average molecular weight is 412 g/mol. The number of carbonyl (C=O) groups excluding carboxylic acids is 1. The Morgan fingerprint density at radius 1 is 1.36 bits per heavy atom. The van der Waals surface area contributed by atoms with Gasteiger partial charge in [-0.15, -0.1) is 0 Å². The Bertz CT molecular complexity index is 951. The van der Waals surface area contributed by atoms with E-state index in [2.05, 4.69) is 15.3 Å². The van der Waals surface area contributed by atoms with Crippen LogP contribution < -0.4 is 16.6 Å². The van der Waals surface area contributed by atoms with Gasteiger partial charge >= 0.3 is 5.97 Å². The van der Waals surface area contributed by atoms with Gasteiger partial charge in [0.1, 0.15) is 10.9 Å². The van der Waals surface area contributed by atoms with E-state index in [9.17, 15) is 28.3 Å². The van der Waals surface area contributed by atoms with E-state index < -0.39 is 34.3 Å². The molecule has 2 aromatic rings. The van der Waals surface area contributed by atoms with Crippen molar-refractivity contribution in [1.82, 2.24) is 9.97 Å². The summed E-state index contributed by atoms with van der Waals surface area (Å²) in [6, 6.07) is 2.50. The molecule has 0 aliphatic carbocycles. The monoisotopic (exact) mass is 412 g/mol. The van der Waals surface area contributed by atoms with Gasteiger partial charge in [-0.2, -0.15) is 0 Å². The molecule has 150 valence electrons. The molecule has 1 aromatic heterocycles. The van der Waals surface area contributed by atoms with Crippen LogP contribution in [0.4, 0.5) is 20.3 Å². The Kier molecular flexibility index (Phi) is 7.10. The number of unbranched alkanes of at least 4 members (excludes halogenated alkanes) is 1. The van der Waals surface area contributed by atoms with Crippen molar-refractivity contribution < 1.29 is 23.5 Å². The molecule has 0 aliphatic rings. The number of aliphatic carboxylic acids is 1. The number of rotatable bonds is 8. The van der Waals surface area contributed by atoms with Crippen molar-refractivity contribution in [2.45, 2.75) is 36.6 Å². The molecular weight excluding hydrogens is 394 g/mol. The van der Waals surface area contributed by atoms with E-state index in [4.69, 9.17) is 5.73 Å². The Morgan fingerprint density at radius 2 is 2.07 bits per heavy atom. The number of aromatic nitrogens is 2. The molecule has 0 fully saturated rings. The molecule has 0 bridgehead atoms. The fraction of sp³-hybridized carbons (Fsp3) is 0.294. The van der Waals surface area contributed by atoms with Gasteiger partial charge in [0.15, 0.2) is 22.6 Å². The molecule has 0 unspecified atom stereocenters. The highest BCUT2D eigenvalue weighted by molar-refractivity contribution is 8.00. The number of carbonyl (C=O) groups is 2. The second kappa shape index (κ2) is 9.31. The summed E-state index contributed by atoms with van der Waals surface area (Å²) in [5, 5.41) is 10.6. The summed E-state index contributed by atoms with van der Waals surface area (Å²) < 4.78 is 26.2. The van der Waals surface area contributed by atoms with Crippen molar-refractivity contribution in [3.05, 3.63) is 45.8 Å². The second-order valence-electron chi connectivity index (χ2n) is 5.80. The van der Waals surface area contributed by atoms with Gasteiger partial charge in [-0.25, -0.2) is 13.8 Å². The lowest BCUT2D eigenvalue weighted by Gasteiger charge is -2.12. The van der Waals surface area contributed by atoms with E-state index in [1.165, 1.54) is 0 Å². The Morgan fingerprint density at radius 3 is 2.64 bits per heavy atom. The Balaban J connectivity index is 2.21. The van der Waals surface area contributed by atoms with Crippen LogP contribution in [-0.4, -0.2) is 32.2 Å². The van der Waals surface area contributed by atoms with Crippen LogP contribution in [0.5, 0.6) is 0 Å². The third kappa shape index (κ3) is 5.28. The number of benzene rings is 1. The molecule has 1 atom stereocenters. The van der Waals surface area contributed by atoms with E-state index >= 15 is 0 Å². The lowest BCUT2D eigenvalue weighted by molar-refractivity contribution is -0.136. The van der Waals surface area contributed by atoms with Crippen LogP contribution in [-0.2, 0) is 4.79 Å².